The average Bonchev–Trinajstić information content (AvgIpc) is 3.32. The van der Waals surface area contributed by atoms with Crippen molar-refractivity contribution in [2.24, 2.45) is 0 Å². The summed E-state index contributed by atoms with van der Waals surface area (Å²) in [5, 5.41) is 4.41. The van der Waals surface area contributed by atoms with E-state index >= 15 is 0 Å². The van der Waals surface area contributed by atoms with Gasteiger partial charge in [-0.15, -0.1) is 5.10 Å². The number of hydrogen-bond donors (Lipinski definition) is 0. The number of aromatic nitrogens is 3. The van der Waals surface area contributed by atoms with Crippen LogP contribution in [0, 0.1) is 0 Å². The third-order valence-electron chi connectivity index (χ3n) is 4.79. The van der Waals surface area contributed by atoms with Gasteiger partial charge in [0, 0.05) is 5.56 Å². The van der Waals surface area contributed by atoms with Gasteiger partial charge in [0.1, 0.15) is 0 Å². The molecule has 0 N–H and O–H groups in total. The van der Waals surface area contributed by atoms with Crippen molar-refractivity contribution in [1.29, 1.82) is 0 Å². The molecule has 30 heavy (non-hydrogen) atoms. The molecule has 2 aromatic carbocycles. The Bertz CT molecular complexity index is 1280. The van der Waals surface area contributed by atoms with E-state index in [0.29, 0.717) is 38.1 Å². The predicted molar refractivity (Wildman–Crippen MR) is 117 cm³/mol. The summed E-state index contributed by atoms with van der Waals surface area (Å²) in [6, 6.07) is 11.7. The summed E-state index contributed by atoms with van der Waals surface area (Å²) >= 11 is 1.31. The Morgan fingerprint density at radius 3 is 2.23 bits per heavy atom. The molecule has 8 heteroatoms. The molecule has 0 aliphatic heterocycles. The van der Waals surface area contributed by atoms with Crippen molar-refractivity contribution in [3.8, 4) is 28.6 Å². The first-order valence-electron chi connectivity index (χ1n) is 9.38. The third-order valence-corrected chi connectivity index (χ3v) is 5.75. The van der Waals surface area contributed by atoms with Gasteiger partial charge in [0.25, 0.3) is 5.56 Å². The maximum atomic E-state index is 12.8. The Balaban J connectivity index is 1.77. The normalized spacial score (nSPS) is 11.8. The predicted octanol–water partition coefficient (Wildman–Crippen LogP) is 2.95. The second-order valence-electron chi connectivity index (χ2n) is 6.55. The van der Waals surface area contributed by atoms with Gasteiger partial charge in [0.05, 0.1) is 25.9 Å². The highest BCUT2D eigenvalue weighted by Gasteiger charge is 2.18. The van der Waals surface area contributed by atoms with Gasteiger partial charge in [0.2, 0.25) is 10.7 Å². The fourth-order valence-corrected chi connectivity index (χ4v) is 4.07. The Hall–Kier alpha value is -3.39. The second-order valence-corrected chi connectivity index (χ2v) is 7.56. The Kier molecular flexibility index (Phi) is 5.41. The minimum atomic E-state index is -0.194. The zero-order chi connectivity index (χ0) is 21.3. The summed E-state index contributed by atoms with van der Waals surface area (Å²) < 4.78 is 18.0. The molecule has 0 bridgehead atoms. The van der Waals surface area contributed by atoms with Crippen LogP contribution in [0.25, 0.3) is 22.4 Å². The molecule has 0 unspecified atom stereocenters. The second kappa shape index (κ2) is 8.16. The van der Waals surface area contributed by atoms with Crippen molar-refractivity contribution in [1.82, 2.24) is 14.6 Å². The molecule has 0 fully saturated rings. The van der Waals surface area contributed by atoms with E-state index in [4.69, 9.17) is 14.2 Å². The smallest absolute Gasteiger partial charge is 0.291 e. The molecule has 0 radical (unpaired) electrons. The lowest BCUT2D eigenvalue weighted by Gasteiger charge is -2.12. The SMILES string of the molecule is CCc1ccc(/C=c2/sc3nc(-c4cc(OC)c(OC)c(OC)c4)nn3c2=O)cc1. The number of nitrogens with zero attached hydrogens (tertiary/aromatic N) is 3. The zero-order valence-corrected chi connectivity index (χ0v) is 17.9. The first kappa shape index (κ1) is 19.9. The number of benzene rings is 2. The molecule has 0 spiro atoms. The maximum absolute atomic E-state index is 12.8. The molecule has 0 aliphatic carbocycles. The summed E-state index contributed by atoms with van der Waals surface area (Å²) in [4.78, 5) is 17.9. The molecular formula is C22H21N3O4S. The number of methoxy groups -OCH3 is 3. The lowest BCUT2D eigenvalue weighted by molar-refractivity contribution is 0.324. The molecule has 0 amide bonds. The van der Waals surface area contributed by atoms with Crippen LogP contribution < -0.4 is 24.3 Å². The molecule has 0 saturated heterocycles. The van der Waals surface area contributed by atoms with Crippen molar-refractivity contribution in [2.75, 3.05) is 21.3 Å². The molecule has 4 aromatic rings. The minimum Gasteiger partial charge on any atom is -0.493 e. The van der Waals surface area contributed by atoms with Crippen LogP contribution in [-0.4, -0.2) is 35.9 Å². The van der Waals surface area contributed by atoms with Gasteiger partial charge in [-0.3, -0.25) is 4.79 Å². The highest BCUT2D eigenvalue weighted by atomic mass is 32.1. The fraction of sp³-hybridized carbons (Fsp3) is 0.227. The number of aryl methyl sites for hydroxylation is 1. The minimum absolute atomic E-state index is 0.194. The van der Waals surface area contributed by atoms with Crippen LogP contribution in [0.15, 0.2) is 41.2 Å². The van der Waals surface area contributed by atoms with Gasteiger partial charge in [-0.1, -0.05) is 42.5 Å². The van der Waals surface area contributed by atoms with Crippen LogP contribution in [0.1, 0.15) is 18.1 Å². The van der Waals surface area contributed by atoms with Crippen molar-refractivity contribution in [3.05, 3.63) is 62.4 Å². The quantitative estimate of drug-likeness (QED) is 0.475. The van der Waals surface area contributed by atoms with E-state index < -0.39 is 0 Å². The van der Waals surface area contributed by atoms with Gasteiger partial charge in [0.15, 0.2) is 17.3 Å². The van der Waals surface area contributed by atoms with Crippen LogP contribution in [0.3, 0.4) is 0 Å². The van der Waals surface area contributed by atoms with Crippen LogP contribution in [-0.2, 0) is 6.42 Å². The van der Waals surface area contributed by atoms with E-state index in [9.17, 15) is 4.79 Å². The number of fused-ring (bicyclic) bond motifs is 1. The molecule has 2 aromatic heterocycles. The van der Waals surface area contributed by atoms with E-state index in [2.05, 4.69) is 29.1 Å². The van der Waals surface area contributed by atoms with E-state index in [1.807, 2.05) is 18.2 Å². The summed E-state index contributed by atoms with van der Waals surface area (Å²) in [6.07, 6.45) is 2.84. The highest BCUT2D eigenvalue weighted by Crippen LogP contribution is 2.40. The van der Waals surface area contributed by atoms with Crippen molar-refractivity contribution in [3.63, 3.8) is 0 Å². The standard InChI is InChI=1S/C22H21N3O4S/c1-5-13-6-8-14(9-7-13)10-18-21(26)25-22(30-18)23-20(24-25)15-11-16(27-2)19(29-4)17(12-15)28-3/h6-12H,5H2,1-4H3/b18-10+. The van der Waals surface area contributed by atoms with Gasteiger partial charge in [-0.2, -0.15) is 9.50 Å². The molecular weight excluding hydrogens is 402 g/mol. The summed E-state index contributed by atoms with van der Waals surface area (Å²) in [5.74, 6) is 1.89. The first-order valence-corrected chi connectivity index (χ1v) is 10.2. The van der Waals surface area contributed by atoms with E-state index in [-0.39, 0.29) is 5.56 Å². The molecule has 154 valence electrons. The molecule has 4 rings (SSSR count). The molecule has 2 heterocycles. The number of rotatable bonds is 6. The largest absolute Gasteiger partial charge is 0.493 e. The van der Waals surface area contributed by atoms with E-state index in [0.717, 1.165) is 12.0 Å². The number of ether oxygens (including phenoxy) is 3. The monoisotopic (exact) mass is 423 g/mol. The lowest BCUT2D eigenvalue weighted by Crippen LogP contribution is -2.23. The lowest BCUT2D eigenvalue weighted by atomic mass is 10.1. The summed E-state index contributed by atoms with van der Waals surface area (Å²) in [6.45, 7) is 2.11. The van der Waals surface area contributed by atoms with Crippen LogP contribution in [0.2, 0.25) is 0 Å². The zero-order valence-electron chi connectivity index (χ0n) is 17.1. The Morgan fingerprint density at radius 1 is 1.03 bits per heavy atom. The van der Waals surface area contributed by atoms with Crippen molar-refractivity contribution >= 4 is 22.4 Å². The molecule has 7 nitrogen and oxygen atoms in total. The van der Waals surface area contributed by atoms with Crippen molar-refractivity contribution in [2.45, 2.75) is 13.3 Å². The maximum Gasteiger partial charge on any atom is 0.291 e. The molecule has 0 aliphatic rings. The van der Waals surface area contributed by atoms with E-state index in [1.54, 1.807) is 33.5 Å². The average molecular weight is 423 g/mol. The Labute approximate surface area is 177 Å². The summed E-state index contributed by atoms with van der Waals surface area (Å²) in [7, 11) is 4.64. The topological polar surface area (TPSA) is 74.9 Å². The van der Waals surface area contributed by atoms with Crippen LogP contribution in [0.5, 0.6) is 17.2 Å². The van der Waals surface area contributed by atoms with E-state index in [1.165, 1.54) is 21.4 Å². The Morgan fingerprint density at radius 2 is 1.70 bits per heavy atom. The van der Waals surface area contributed by atoms with Crippen LogP contribution in [0.4, 0.5) is 0 Å². The molecule has 0 saturated carbocycles. The van der Waals surface area contributed by atoms with Gasteiger partial charge in [-0.05, 0) is 35.8 Å². The first-order chi connectivity index (χ1) is 14.6. The number of thiazole rings is 1. The van der Waals surface area contributed by atoms with Crippen LogP contribution >= 0.6 is 11.3 Å². The highest BCUT2D eigenvalue weighted by molar-refractivity contribution is 7.15. The van der Waals surface area contributed by atoms with Gasteiger partial charge < -0.3 is 14.2 Å². The van der Waals surface area contributed by atoms with Gasteiger partial charge in [-0.25, -0.2) is 0 Å². The number of hydrogen-bond acceptors (Lipinski definition) is 7. The van der Waals surface area contributed by atoms with Crippen molar-refractivity contribution < 1.29 is 14.2 Å². The summed E-state index contributed by atoms with van der Waals surface area (Å²) in [5.41, 5.74) is 2.70. The molecule has 0 atom stereocenters. The third kappa shape index (κ3) is 3.50. The fourth-order valence-electron chi connectivity index (χ4n) is 3.17. The van der Waals surface area contributed by atoms with Gasteiger partial charge >= 0.3 is 0 Å².